The molecule has 2 aromatic rings. The average molecular weight is 407 g/mol. The lowest BCUT2D eigenvalue weighted by atomic mass is 9.78. The van der Waals surface area contributed by atoms with Crippen molar-refractivity contribution in [3.63, 3.8) is 0 Å². The predicted molar refractivity (Wildman–Crippen MR) is 97.0 cm³/mol. The number of hydrogen-bond acceptors (Lipinski definition) is 6. The fourth-order valence-electron chi connectivity index (χ4n) is 2.73. The molecule has 0 saturated carbocycles. The molecule has 0 atom stereocenters. The molecule has 1 aliphatic heterocycles. The van der Waals surface area contributed by atoms with Gasteiger partial charge in [0.1, 0.15) is 11.6 Å². The molecular formula is C19H17BF3NO5. The van der Waals surface area contributed by atoms with Crippen molar-refractivity contribution in [1.82, 2.24) is 4.90 Å². The first-order valence-electron chi connectivity index (χ1n) is 8.75. The van der Waals surface area contributed by atoms with E-state index in [1.54, 1.807) is 12.1 Å². The zero-order valence-corrected chi connectivity index (χ0v) is 15.5. The first-order chi connectivity index (χ1) is 13.8. The van der Waals surface area contributed by atoms with Gasteiger partial charge in [0.05, 0.1) is 25.2 Å². The van der Waals surface area contributed by atoms with E-state index in [1.165, 1.54) is 24.1 Å². The summed E-state index contributed by atoms with van der Waals surface area (Å²) in [5.74, 6) is -4.08. The zero-order valence-electron chi connectivity index (χ0n) is 15.5. The minimum atomic E-state index is -1.69. The fourth-order valence-corrected chi connectivity index (χ4v) is 2.73. The molecule has 0 unspecified atom stereocenters. The Morgan fingerprint density at radius 2 is 1.62 bits per heavy atom. The topological polar surface area (TPSA) is 65.1 Å². The van der Waals surface area contributed by atoms with Crippen LogP contribution in [0.25, 0.3) is 0 Å². The van der Waals surface area contributed by atoms with Crippen molar-refractivity contribution in [3.05, 3.63) is 59.4 Å². The summed E-state index contributed by atoms with van der Waals surface area (Å²) in [5.41, 5.74) is 0.335. The van der Waals surface area contributed by atoms with Crippen molar-refractivity contribution >= 4 is 24.5 Å². The molecule has 1 heterocycles. The van der Waals surface area contributed by atoms with Crippen molar-refractivity contribution in [1.29, 1.82) is 0 Å². The van der Waals surface area contributed by atoms with Gasteiger partial charge in [-0.3, -0.25) is 14.5 Å². The highest BCUT2D eigenvalue weighted by molar-refractivity contribution is 6.64. The van der Waals surface area contributed by atoms with Crippen molar-refractivity contribution in [2.75, 3.05) is 26.7 Å². The van der Waals surface area contributed by atoms with Crippen molar-refractivity contribution in [2.24, 2.45) is 0 Å². The molecule has 0 radical (unpaired) electrons. The second-order valence-corrected chi connectivity index (χ2v) is 6.51. The van der Waals surface area contributed by atoms with E-state index in [0.717, 1.165) is 17.7 Å². The molecule has 152 valence electrons. The number of halogens is 3. The monoisotopic (exact) mass is 407 g/mol. The highest BCUT2D eigenvalue weighted by Crippen LogP contribution is 2.19. The van der Waals surface area contributed by atoms with Crippen LogP contribution < -0.4 is 10.2 Å². The molecule has 0 aliphatic carbocycles. The molecule has 0 N–H and O–H groups in total. The number of hydrogen-bond donors (Lipinski definition) is 0. The number of likely N-dealkylation sites (N-methyl/N-ethyl adjacent to an activating group) is 1. The lowest BCUT2D eigenvalue weighted by molar-refractivity contribution is -0.145. The molecule has 3 rings (SSSR count). The Balaban J connectivity index is 1.70. The molecule has 0 amide bonds. The lowest BCUT2D eigenvalue weighted by Crippen LogP contribution is -2.48. The van der Waals surface area contributed by atoms with Gasteiger partial charge in [-0.15, -0.1) is 0 Å². The minimum Gasteiger partial charge on any atom is -0.494 e. The molecule has 2 aromatic carbocycles. The molecule has 1 fully saturated rings. The maximum Gasteiger partial charge on any atom is 0.639 e. The summed E-state index contributed by atoms with van der Waals surface area (Å²) in [4.78, 5) is 24.9. The van der Waals surface area contributed by atoms with Crippen molar-refractivity contribution in [2.45, 2.75) is 6.42 Å². The summed E-state index contributed by atoms with van der Waals surface area (Å²) >= 11 is 0. The van der Waals surface area contributed by atoms with Gasteiger partial charge in [-0.25, -0.2) is 13.2 Å². The van der Waals surface area contributed by atoms with Gasteiger partial charge in [0.25, 0.3) is 0 Å². The Bertz CT molecular complexity index is 889. The Labute approximate surface area is 165 Å². The second kappa shape index (κ2) is 9.00. The van der Waals surface area contributed by atoms with Gasteiger partial charge in [0, 0.05) is 12.5 Å². The SMILES string of the molecule is CN1CC(=O)OB(c2cc(F)c(OCCc3ccc(F)cc3)cc2F)OC(=O)C1. The van der Waals surface area contributed by atoms with Crippen LogP contribution in [-0.4, -0.2) is 50.7 Å². The summed E-state index contributed by atoms with van der Waals surface area (Å²) in [5, 5.41) is 0. The van der Waals surface area contributed by atoms with Gasteiger partial charge >= 0.3 is 19.1 Å². The third-order valence-electron chi connectivity index (χ3n) is 4.14. The van der Waals surface area contributed by atoms with Crippen LogP contribution in [0.5, 0.6) is 5.75 Å². The van der Waals surface area contributed by atoms with Crippen LogP contribution in [0.15, 0.2) is 36.4 Å². The summed E-state index contributed by atoms with van der Waals surface area (Å²) in [6.45, 7) is -0.359. The number of benzene rings is 2. The van der Waals surface area contributed by atoms with E-state index >= 15 is 0 Å². The molecule has 10 heteroatoms. The Hall–Kier alpha value is -3.01. The number of rotatable bonds is 5. The molecule has 0 bridgehead atoms. The third kappa shape index (κ3) is 5.51. The largest absolute Gasteiger partial charge is 0.639 e. The van der Waals surface area contributed by atoms with E-state index in [2.05, 4.69) is 0 Å². The van der Waals surface area contributed by atoms with E-state index in [-0.39, 0.29) is 31.3 Å². The Morgan fingerprint density at radius 1 is 1.00 bits per heavy atom. The summed E-state index contributed by atoms with van der Waals surface area (Å²) in [6, 6.07) is 7.27. The van der Waals surface area contributed by atoms with Gasteiger partial charge in [0.2, 0.25) is 0 Å². The van der Waals surface area contributed by atoms with Crippen LogP contribution in [0.3, 0.4) is 0 Å². The maximum absolute atomic E-state index is 14.5. The third-order valence-corrected chi connectivity index (χ3v) is 4.14. The predicted octanol–water partition coefficient (Wildman–Crippen LogP) is 1.45. The van der Waals surface area contributed by atoms with E-state index < -0.39 is 36.2 Å². The van der Waals surface area contributed by atoms with Gasteiger partial charge in [-0.1, -0.05) is 12.1 Å². The molecule has 29 heavy (non-hydrogen) atoms. The fraction of sp³-hybridized carbons (Fsp3) is 0.263. The first-order valence-corrected chi connectivity index (χ1v) is 8.75. The van der Waals surface area contributed by atoms with Crippen LogP contribution in [0, 0.1) is 17.5 Å². The average Bonchev–Trinajstić information content (AvgIpc) is 2.64. The molecule has 0 spiro atoms. The number of nitrogens with zero attached hydrogens (tertiary/aromatic N) is 1. The van der Waals surface area contributed by atoms with Crippen molar-refractivity contribution < 1.29 is 36.8 Å². The summed E-state index contributed by atoms with van der Waals surface area (Å²) in [7, 11) is -0.173. The number of carbonyl (C=O) groups is 2. The van der Waals surface area contributed by atoms with Gasteiger partial charge in [0.15, 0.2) is 11.6 Å². The maximum atomic E-state index is 14.5. The van der Waals surface area contributed by atoms with Gasteiger partial charge in [-0.05, 0) is 30.8 Å². The normalized spacial score (nSPS) is 15.4. The second-order valence-electron chi connectivity index (χ2n) is 6.51. The highest BCUT2D eigenvalue weighted by Gasteiger charge is 2.37. The molecule has 1 saturated heterocycles. The highest BCUT2D eigenvalue weighted by atomic mass is 19.1. The summed E-state index contributed by atoms with van der Waals surface area (Å²) < 4.78 is 56.9. The Morgan fingerprint density at radius 3 is 2.24 bits per heavy atom. The molecule has 1 aliphatic rings. The van der Waals surface area contributed by atoms with Gasteiger partial charge < -0.3 is 14.0 Å². The molecule has 0 aromatic heterocycles. The van der Waals surface area contributed by atoms with Crippen LogP contribution in [0.2, 0.25) is 0 Å². The molecule has 6 nitrogen and oxygen atoms in total. The van der Waals surface area contributed by atoms with E-state index in [4.69, 9.17) is 14.0 Å². The van der Waals surface area contributed by atoms with Crippen molar-refractivity contribution in [3.8, 4) is 5.75 Å². The summed E-state index contributed by atoms with van der Waals surface area (Å²) in [6.07, 6.45) is 0.356. The standard InChI is InChI=1S/C19H17BF3NO5/c1-24-10-18(25)28-20(29-19(26)11-24)14-8-16(23)17(9-15(14)22)27-7-6-12-2-4-13(21)5-3-12/h2-5,8-9H,6-7,10-11H2,1H3. The minimum absolute atomic E-state index is 0.0288. The van der Waals surface area contributed by atoms with E-state index in [0.29, 0.717) is 6.42 Å². The van der Waals surface area contributed by atoms with Crippen LogP contribution in [0.1, 0.15) is 5.56 Å². The quantitative estimate of drug-likeness (QED) is 0.700. The Kier molecular flexibility index (Phi) is 6.43. The first kappa shape index (κ1) is 20.7. The molecular weight excluding hydrogens is 390 g/mol. The van der Waals surface area contributed by atoms with Crippen LogP contribution >= 0.6 is 0 Å². The smallest absolute Gasteiger partial charge is 0.494 e. The number of ether oxygens (including phenoxy) is 1. The zero-order chi connectivity index (χ0) is 21.0. The van der Waals surface area contributed by atoms with Crippen LogP contribution in [-0.2, 0) is 25.3 Å². The van der Waals surface area contributed by atoms with Gasteiger partial charge in [-0.2, -0.15) is 0 Å². The number of carbonyl (C=O) groups excluding carboxylic acids is 2. The van der Waals surface area contributed by atoms with E-state index in [9.17, 15) is 22.8 Å². The lowest BCUT2D eigenvalue weighted by Gasteiger charge is -2.23. The van der Waals surface area contributed by atoms with E-state index in [1.807, 2.05) is 0 Å². The van der Waals surface area contributed by atoms with Crippen LogP contribution in [0.4, 0.5) is 13.2 Å².